The summed E-state index contributed by atoms with van der Waals surface area (Å²) in [5.41, 5.74) is 0.575. The van der Waals surface area contributed by atoms with E-state index >= 15 is 0 Å². The fourth-order valence-corrected chi connectivity index (χ4v) is 6.11. The number of nitro groups is 1. The van der Waals surface area contributed by atoms with Gasteiger partial charge in [-0.25, -0.2) is 13.1 Å². The maximum atomic E-state index is 13.3. The Morgan fingerprint density at radius 2 is 1.82 bits per heavy atom. The number of benzene rings is 2. The number of amides is 1. The lowest BCUT2D eigenvalue weighted by molar-refractivity contribution is -0.384. The van der Waals surface area contributed by atoms with Crippen LogP contribution in [0, 0.1) is 16.0 Å². The molecule has 1 saturated heterocycles. The van der Waals surface area contributed by atoms with Gasteiger partial charge in [-0.05, 0) is 43.4 Å². The zero-order valence-electron chi connectivity index (χ0n) is 18.4. The van der Waals surface area contributed by atoms with Crippen molar-refractivity contribution in [3.8, 4) is 0 Å². The van der Waals surface area contributed by atoms with Crippen LogP contribution in [-0.4, -0.2) is 49.9 Å². The van der Waals surface area contributed by atoms with Crippen molar-refractivity contribution >= 4 is 33.2 Å². The summed E-state index contributed by atoms with van der Waals surface area (Å²) in [6.45, 7) is 1.48. The zero-order chi connectivity index (χ0) is 24.3. The van der Waals surface area contributed by atoms with E-state index in [1.54, 1.807) is 0 Å². The van der Waals surface area contributed by atoms with Crippen LogP contribution in [0.25, 0.3) is 0 Å². The minimum absolute atomic E-state index is 0.0757. The van der Waals surface area contributed by atoms with E-state index in [0.29, 0.717) is 45.4 Å². The van der Waals surface area contributed by atoms with Crippen molar-refractivity contribution in [3.63, 3.8) is 0 Å². The third-order valence-electron chi connectivity index (χ3n) is 6.42. The molecule has 1 aliphatic carbocycles. The summed E-state index contributed by atoms with van der Waals surface area (Å²) in [7, 11) is -3.96. The van der Waals surface area contributed by atoms with Gasteiger partial charge >= 0.3 is 0 Å². The monoisotopic (exact) mass is 507 g/mol. The first-order valence-electron chi connectivity index (χ1n) is 11.2. The lowest BCUT2D eigenvalue weighted by atomic mass is 9.85. The third-order valence-corrected chi connectivity index (χ3v) is 8.26. The third kappa shape index (κ3) is 5.41. The van der Waals surface area contributed by atoms with E-state index in [9.17, 15) is 23.3 Å². The standard InChI is InChI=1S/C23H26ClN3O6S/c24-20-11-10-19(14-21(20)27(29)30)34(31,32)25-18-8-6-17(7-9-18)23(28)26-12-13-33-15-22(26)16-4-2-1-3-5-16/h1-5,10-11,14,17-18,22,25H,6-9,12-13,15H2. The number of nitrogens with one attached hydrogen (secondary N) is 1. The van der Waals surface area contributed by atoms with Crippen LogP contribution in [0.2, 0.25) is 5.02 Å². The van der Waals surface area contributed by atoms with E-state index in [4.69, 9.17) is 16.3 Å². The first kappa shape index (κ1) is 24.6. The summed E-state index contributed by atoms with van der Waals surface area (Å²) in [6.07, 6.45) is 2.13. The molecule has 0 spiro atoms. The number of carbonyl (C=O) groups excluding carboxylic acids is 1. The summed E-state index contributed by atoms with van der Waals surface area (Å²) < 4.78 is 33.8. The molecule has 2 aromatic rings. The van der Waals surface area contributed by atoms with Crippen LogP contribution in [0.15, 0.2) is 53.4 Å². The van der Waals surface area contributed by atoms with Crippen molar-refractivity contribution in [2.24, 2.45) is 5.92 Å². The van der Waals surface area contributed by atoms with Gasteiger partial charge in [-0.15, -0.1) is 0 Å². The topological polar surface area (TPSA) is 119 Å². The lowest BCUT2D eigenvalue weighted by Crippen LogP contribution is -2.47. The van der Waals surface area contributed by atoms with Crippen LogP contribution >= 0.6 is 11.6 Å². The number of sulfonamides is 1. The molecule has 2 aromatic carbocycles. The van der Waals surface area contributed by atoms with Gasteiger partial charge in [0.15, 0.2) is 0 Å². The van der Waals surface area contributed by atoms with E-state index in [1.165, 1.54) is 12.1 Å². The molecule has 0 aromatic heterocycles. The van der Waals surface area contributed by atoms with Gasteiger partial charge in [0.1, 0.15) is 5.02 Å². The van der Waals surface area contributed by atoms with Crippen molar-refractivity contribution in [3.05, 3.63) is 69.2 Å². The molecule has 2 aliphatic rings. The highest BCUT2D eigenvalue weighted by Gasteiger charge is 2.36. The summed E-state index contributed by atoms with van der Waals surface area (Å²) >= 11 is 5.79. The van der Waals surface area contributed by atoms with E-state index in [0.717, 1.165) is 11.6 Å². The number of nitro benzene ring substituents is 1. The molecule has 1 unspecified atom stereocenters. The number of ether oxygens (including phenoxy) is 1. The van der Waals surface area contributed by atoms with Gasteiger partial charge in [0.2, 0.25) is 15.9 Å². The highest BCUT2D eigenvalue weighted by atomic mass is 35.5. The Hall–Kier alpha value is -2.53. The predicted octanol–water partition coefficient (Wildman–Crippen LogP) is 3.69. The summed E-state index contributed by atoms with van der Waals surface area (Å²) in [5.74, 6) is -0.103. The number of hydrogen-bond acceptors (Lipinski definition) is 6. The quantitative estimate of drug-likeness (QED) is 0.470. The molecule has 2 fully saturated rings. The summed E-state index contributed by atoms with van der Waals surface area (Å²) in [4.78, 5) is 25.4. The Balaban J connectivity index is 1.39. The number of hydrogen-bond donors (Lipinski definition) is 1. The molecule has 0 bridgehead atoms. The second kappa shape index (κ2) is 10.4. The van der Waals surface area contributed by atoms with E-state index in [-0.39, 0.29) is 33.8 Å². The summed E-state index contributed by atoms with van der Waals surface area (Å²) in [6, 6.07) is 12.7. The van der Waals surface area contributed by atoms with Gasteiger partial charge in [-0.1, -0.05) is 41.9 Å². The Bertz CT molecular complexity index is 1150. The Morgan fingerprint density at radius 1 is 1.12 bits per heavy atom. The van der Waals surface area contributed by atoms with Crippen LogP contribution in [-0.2, 0) is 19.6 Å². The first-order chi connectivity index (χ1) is 16.3. The molecular formula is C23H26ClN3O6S. The van der Waals surface area contributed by atoms with Crippen molar-refractivity contribution in [2.75, 3.05) is 19.8 Å². The lowest BCUT2D eigenvalue weighted by Gasteiger charge is -2.39. The molecule has 1 atom stereocenters. The maximum absolute atomic E-state index is 13.3. The molecule has 34 heavy (non-hydrogen) atoms. The average molecular weight is 508 g/mol. The largest absolute Gasteiger partial charge is 0.377 e. The Morgan fingerprint density at radius 3 is 2.50 bits per heavy atom. The predicted molar refractivity (Wildman–Crippen MR) is 126 cm³/mol. The van der Waals surface area contributed by atoms with Gasteiger partial charge in [0, 0.05) is 24.6 Å². The molecular weight excluding hydrogens is 482 g/mol. The van der Waals surface area contributed by atoms with E-state index < -0.39 is 20.6 Å². The number of nitrogens with zero attached hydrogens (tertiary/aromatic N) is 2. The van der Waals surface area contributed by atoms with Crippen molar-refractivity contribution < 1.29 is 22.9 Å². The van der Waals surface area contributed by atoms with Crippen LogP contribution in [0.5, 0.6) is 0 Å². The minimum Gasteiger partial charge on any atom is -0.377 e. The van der Waals surface area contributed by atoms with Crippen LogP contribution in [0.4, 0.5) is 5.69 Å². The normalized spacial score (nSPS) is 23.4. The molecule has 1 saturated carbocycles. The van der Waals surface area contributed by atoms with E-state index in [1.807, 2.05) is 35.2 Å². The van der Waals surface area contributed by atoms with Gasteiger partial charge in [-0.3, -0.25) is 14.9 Å². The van der Waals surface area contributed by atoms with Crippen molar-refractivity contribution in [1.82, 2.24) is 9.62 Å². The molecule has 9 nitrogen and oxygen atoms in total. The molecule has 1 aliphatic heterocycles. The minimum atomic E-state index is -3.96. The molecule has 1 N–H and O–H groups in total. The average Bonchev–Trinajstić information content (AvgIpc) is 2.84. The number of carbonyl (C=O) groups is 1. The molecule has 182 valence electrons. The number of morpholine rings is 1. The molecule has 4 rings (SSSR count). The van der Waals surface area contributed by atoms with E-state index in [2.05, 4.69) is 4.72 Å². The molecule has 1 amide bonds. The SMILES string of the molecule is O=C(C1CCC(NS(=O)(=O)c2ccc(Cl)c([N+](=O)[O-])c2)CC1)N1CCOCC1c1ccccc1. The number of halogens is 1. The summed E-state index contributed by atoms with van der Waals surface area (Å²) in [5, 5.41) is 11.0. The zero-order valence-corrected chi connectivity index (χ0v) is 20.0. The number of rotatable bonds is 6. The van der Waals surface area contributed by atoms with Crippen molar-refractivity contribution in [1.29, 1.82) is 0 Å². The fraction of sp³-hybridized carbons (Fsp3) is 0.435. The second-order valence-corrected chi connectivity index (χ2v) is 10.7. The Labute approximate surface area is 203 Å². The molecule has 0 radical (unpaired) electrons. The maximum Gasteiger partial charge on any atom is 0.289 e. The highest BCUT2D eigenvalue weighted by Crippen LogP contribution is 2.32. The van der Waals surface area contributed by atoms with Gasteiger partial charge in [-0.2, -0.15) is 0 Å². The van der Waals surface area contributed by atoms with Crippen molar-refractivity contribution in [2.45, 2.75) is 42.7 Å². The molecule has 1 heterocycles. The van der Waals surface area contributed by atoms with Crippen LogP contribution in [0.3, 0.4) is 0 Å². The van der Waals surface area contributed by atoms with Gasteiger partial charge < -0.3 is 9.64 Å². The van der Waals surface area contributed by atoms with Gasteiger partial charge in [0.25, 0.3) is 5.69 Å². The molecule has 11 heteroatoms. The second-order valence-electron chi connectivity index (χ2n) is 8.57. The van der Waals surface area contributed by atoms with Gasteiger partial charge in [0.05, 0.1) is 29.1 Å². The first-order valence-corrected chi connectivity index (χ1v) is 13.0. The fourth-order valence-electron chi connectivity index (χ4n) is 4.60. The van der Waals surface area contributed by atoms with Crippen LogP contribution in [0.1, 0.15) is 37.3 Å². The smallest absolute Gasteiger partial charge is 0.289 e. The Kier molecular flexibility index (Phi) is 7.51. The highest BCUT2D eigenvalue weighted by molar-refractivity contribution is 7.89. The van der Waals surface area contributed by atoms with Crippen LogP contribution < -0.4 is 4.72 Å².